The second-order valence-corrected chi connectivity index (χ2v) is 5.84. The maximum absolute atomic E-state index is 10.3. The van der Waals surface area contributed by atoms with Crippen LogP contribution in [-0.2, 0) is 19.2 Å². The predicted molar refractivity (Wildman–Crippen MR) is 94.4 cm³/mol. The van der Waals surface area contributed by atoms with Gasteiger partial charge in [0.2, 0.25) is 23.6 Å². The molecule has 4 amide bonds. The van der Waals surface area contributed by atoms with Crippen LogP contribution in [-0.4, -0.2) is 45.8 Å². The first-order valence-corrected chi connectivity index (χ1v) is 8.41. The van der Waals surface area contributed by atoms with Crippen molar-refractivity contribution in [1.82, 2.24) is 10.6 Å². The summed E-state index contributed by atoms with van der Waals surface area (Å²) >= 11 is 0. The van der Waals surface area contributed by atoms with Crippen molar-refractivity contribution in [1.29, 1.82) is 0 Å². The molecule has 1 aromatic carbocycles. The summed E-state index contributed by atoms with van der Waals surface area (Å²) in [7, 11) is 0. The van der Waals surface area contributed by atoms with Crippen LogP contribution in [0.1, 0.15) is 59.2 Å². The third-order valence-electron chi connectivity index (χ3n) is 3.55. The SMILES string of the molecule is O=C(O)c1ccc(C(=O)O)cc1.O=C1CCCC(=O)N1.O=C1CCCC(=O)N1. The van der Waals surface area contributed by atoms with Crippen molar-refractivity contribution >= 4 is 35.6 Å². The molecule has 2 aliphatic rings. The monoisotopic (exact) mass is 392 g/mol. The Balaban J connectivity index is 0.000000217. The van der Waals surface area contributed by atoms with Gasteiger partial charge in [-0.2, -0.15) is 0 Å². The molecule has 28 heavy (non-hydrogen) atoms. The number of amides is 4. The highest BCUT2D eigenvalue weighted by Gasteiger charge is 2.13. The van der Waals surface area contributed by atoms with Crippen LogP contribution in [0.25, 0.3) is 0 Å². The first-order chi connectivity index (χ1) is 13.2. The van der Waals surface area contributed by atoms with Crippen molar-refractivity contribution < 1.29 is 39.0 Å². The number of rotatable bonds is 2. The standard InChI is InChI=1S/C8H6O4.2C5H7NO2/c9-7(10)5-1-2-6(4-3-5)8(11)12;2*7-4-2-1-3-5(8)6-4/h1-4H,(H,9,10)(H,11,12);2*1-3H2,(H,6,7,8). The zero-order valence-corrected chi connectivity index (χ0v) is 14.9. The fourth-order valence-corrected chi connectivity index (χ4v) is 2.14. The minimum Gasteiger partial charge on any atom is -0.478 e. The van der Waals surface area contributed by atoms with Crippen LogP contribution in [0.4, 0.5) is 0 Å². The van der Waals surface area contributed by atoms with E-state index >= 15 is 0 Å². The Hall–Kier alpha value is -3.56. The molecule has 2 fully saturated rings. The van der Waals surface area contributed by atoms with Gasteiger partial charge in [0.15, 0.2) is 0 Å². The first kappa shape index (κ1) is 22.5. The molecule has 0 atom stereocenters. The molecule has 0 unspecified atom stereocenters. The number of carboxylic acid groups (broad SMARTS) is 2. The fraction of sp³-hybridized carbons (Fsp3) is 0.333. The molecule has 4 N–H and O–H groups in total. The molecule has 150 valence electrons. The van der Waals surface area contributed by atoms with Gasteiger partial charge in [-0.15, -0.1) is 0 Å². The van der Waals surface area contributed by atoms with Gasteiger partial charge in [-0.05, 0) is 37.1 Å². The Kier molecular flexibility index (Phi) is 9.01. The van der Waals surface area contributed by atoms with Crippen molar-refractivity contribution in [2.75, 3.05) is 0 Å². The normalized spacial score (nSPS) is 15.7. The van der Waals surface area contributed by atoms with Crippen molar-refractivity contribution in [3.05, 3.63) is 35.4 Å². The van der Waals surface area contributed by atoms with Crippen LogP contribution in [0, 0.1) is 0 Å². The molecule has 0 aliphatic carbocycles. The van der Waals surface area contributed by atoms with Crippen LogP contribution >= 0.6 is 0 Å². The van der Waals surface area contributed by atoms with Gasteiger partial charge in [-0.25, -0.2) is 9.59 Å². The van der Waals surface area contributed by atoms with Gasteiger partial charge in [0.05, 0.1) is 11.1 Å². The van der Waals surface area contributed by atoms with Crippen LogP contribution in [0.2, 0.25) is 0 Å². The molecule has 0 saturated carbocycles. The zero-order valence-electron chi connectivity index (χ0n) is 14.9. The Morgan fingerprint density at radius 1 is 0.607 bits per heavy atom. The smallest absolute Gasteiger partial charge is 0.335 e. The molecule has 0 radical (unpaired) electrons. The van der Waals surface area contributed by atoms with E-state index in [-0.39, 0.29) is 34.8 Å². The molecule has 0 aromatic heterocycles. The van der Waals surface area contributed by atoms with Crippen LogP contribution in [0.3, 0.4) is 0 Å². The summed E-state index contributed by atoms with van der Waals surface area (Å²) in [5.41, 5.74) is 0.167. The lowest BCUT2D eigenvalue weighted by Gasteiger charge is -2.07. The Labute approximate surface area is 159 Å². The lowest BCUT2D eigenvalue weighted by molar-refractivity contribution is -0.134. The second-order valence-electron chi connectivity index (χ2n) is 5.84. The highest BCUT2D eigenvalue weighted by atomic mass is 16.4. The number of imide groups is 2. The predicted octanol–water partition coefficient (Wildman–Crippen LogP) is 0.709. The second kappa shape index (κ2) is 11.2. The average molecular weight is 392 g/mol. The summed E-state index contributed by atoms with van der Waals surface area (Å²) in [6.07, 6.45) is 3.45. The van der Waals surface area contributed by atoms with Gasteiger partial charge in [0, 0.05) is 25.7 Å². The Morgan fingerprint density at radius 3 is 1.00 bits per heavy atom. The van der Waals surface area contributed by atoms with E-state index in [2.05, 4.69) is 10.6 Å². The van der Waals surface area contributed by atoms with E-state index in [1.807, 2.05) is 0 Å². The van der Waals surface area contributed by atoms with E-state index in [4.69, 9.17) is 10.2 Å². The average Bonchev–Trinajstić information content (AvgIpc) is 2.62. The molecule has 2 saturated heterocycles. The number of carboxylic acids is 2. The maximum atomic E-state index is 10.3. The van der Waals surface area contributed by atoms with Gasteiger partial charge in [0.25, 0.3) is 0 Å². The minimum absolute atomic E-state index is 0.0833. The van der Waals surface area contributed by atoms with E-state index in [0.29, 0.717) is 38.5 Å². The minimum atomic E-state index is -1.06. The summed E-state index contributed by atoms with van der Waals surface area (Å²) in [5.74, 6) is -2.68. The topological polar surface area (TPSA) is 167 Å². The number of benzene rings is 1. The van der Waals surface area contributed by atoms with E-state index in [1.165, 1.54) is 24.3 Å². The highest BCUT2D eigenvalue weighted by molar-refractivity contribution is 5.97. The van der Waals surface area contributed by atoms with Crippen LogP contribution in [0.15, 0.2) is 24.3 Å². The summed E-state index contributed by atoms with van der Waals surface area (Å²) in [5, 5.41) is 21.3. The van der Waals surface area contributed by atoms with Gasteiger partial charge in [-0.1, -0.05) is 0 Å². The highest BCUT2D eigenvalue weighted by Crippen LogP contribution is 2.04. The van der Waals surface area contributed by atoms with Crippen LogP contribution in [0.5, 0.6) is 0 Å². The van der Waals surface area contributed by atoms with Gasteiger partial charge >= 0.3 is 11.9 Å². The molecule has 2 aliphatic heterocycles. The number of hydrogen-bond donors (Lipinski definition) is 4. The van der Waals surface area contributed by atoms with E-state index in [0.717, 1.165) is 0 Å². The van der Waals surface area contributed by atoms with Gasteiger partial charge in [0.1, 0.15) is 0 Å². The quantitative estimate of drug-likeness (QED) is 0.534. The number of hydrogen-bond acceptors (Lipinski definition) is 6. The Bertz CT molecular complexity index is 677. The number of carbonyl (C=O) groups is 6. The lowest BCUT2D eigenvalue weighted by atomic mass is 10.1. The molecular weight excluding hydrogens is 372 g/mol. The number of piperidine rings is 2. The molecule has 0 bridgehead atoms. The van der Waals surface area contributed by atoms with E-state index in [9.17, 15) is 28.8 Å². The number of nitrogens with one attached hydrogen (secondary N) is 2. The van der Waals surface area contributed by atoms with E-state index in [1.54, 1.807) is 0 Å². The fourth-order valence-electron chi connectivity index (χ4n) is 2.14. The van der Waals surface area contributed by atoms with Crippen molar-refractivity contribution in [2.45, 2.75) is 38.5 Å². The summed E-state index contributed by atoms with van der Waals surface area (Å²) < 4.78 is 0. The first-order valence-electron chi connectivity index (χ1n) is 8.41. The third kappa shape index (κ3) is 8.70. The number of carbonyl (C=O) groups excluding carboxylic acids is 4. The Morgan fingerprint density at radius 2 is 0.857 bits per heavy atom. The van der Waals surface area contributed by atoms with Crippen molar-refractivity contribution in [3.8, 4) is 0 Å². The van der Waals surface area contributed by atoms with Gasteiger partial charge < -0.3 is 10.2 Å². The molecular formula is C18H20N2O8. The lowest BCUT2D eigenvalue weighted by Crippen LogP contribution is -2.33. The largest absolute Gasteiger partial charge is 0.478 e. The summed E-state index contributed by atoms with van der Waals surface area (Å²) in [4.78, 5) is 62.0. The number of aromatic carboxylic acids is 2. The molecule has 2 heterocycles. The molecule has 10 nitrogen and oxygen atoms in total. The molecule has 10 heteroatoms. The van der Waals surface area contributed by atoms with Gasteiger partial charge in [-0.3, -0.25) is 29.8 Å². The summed E-state index contributed by atoms with van der Waals surface area (Å²) in [6.45, 7) is 0. The molecule has 0 spiro atoms. The van der Waals surface area contributed by atoms with Crippen molar-refractivity contribution in [2.24, 2.45) is 0 Å². The zero-order chi connectivity index (χ0) is 21.1. The third-order valence-corrected chi connectivity index (χ3v) is 3.55. The summed E-state index contributed by atoms with van der Waals surface area (Å²) in [6, 6.07) is 5.02. The maximum Gasteiger partial charge on any atom is 0.335 e. The van der Waals surface area contributed by atoms with Crippen LogP contribution < -0.4 is 10.6 Å². The van der Waals surface area contributed by atoms with Crippen molar-refractivity contribution in [3.63, 3.8) is 0 Å². The molecule has 1 aromatic rings. The molecule has 3 rings (SSSR count). The van der Waals surface area contributed by atoms with E-state index < -0.39 is 11.9 Å².